The SMILES string of the molecule is COc1ccc(-c2c(Cc3ccccc3)nc(NC(O)c3ccc(Cl)cc3)n2C)cc1. The second-order valence-electron chi connectivity index (χ2n) is 7.28. The Morgan fingerprint density at radius 2 is 1.68 bits per heavy atom. The number of aliphatic hydroxyl groups is 1. The summed E-state index contributed by atoms with van der Waals surface area (Å²) in [6.45, 7) is 0. The molecule has 0 bridgehead atoms. The fourth-order valence-corrected chi connectivity index (χ4v) is 3.68. The molecule has 4 aromatic rings. The number of halogens is 1. The summed E-state index contributed by atoms with van der Waals surface area (Å²) >= 11 is 5.96. The molecule has 0 spiro atoms. The molecule has 0 saturated heterocycles. The maximum absolute atomic E-state index is 10.7. The molecule has 0 fully saturated rings. The molecule has 6 heteroatoms. The summed E-state index contributed by atoms with van der Waals surface area (Å²) in [6, 6.07) is 25.2. The van der Waals surface area contributed by atoms with Crippen LogP contribution in [0.1, 0.15) is 23.0 Å². The summed E-state index contributed by atoms with van der Waals surface area (Å²) in [5, 5.41) is 14.4. The Morgan fingerprint density at radius 1 is 1.00 bits per heavy atom. The third-order valence-corrected chi connectivity index (χ3v) is 5.45. The first-order chi connectivity index (χ1) is 15.0. The Hall–Kier alpha value is -3.28. The van der Waals surface area contributed by atoms with Gasteiger partial charge in [-0.3, -0.25) is 0 Å². The molecule has 0 aliphatic carbocycles. The normalized spacial score (nSPS) is 11.9. The third-order valence-electron chi connectivity index (χ3n) is 5.20. The number of hydrogen-bond acceptors (Lipinski definition) is 4. The summed E-state index contributed by atoms with van der Waals surface area (Å²) in [5.41, 5.74) is 4.81. The molecule has 3 aromatic carbocycles. The monoisotopic (exact) mass is 433 g/mol. The fourth-order valence-electron chi connectivity index (χ4n) is 3.56. The average Bonchev–Trinajstić information content (AvgIpc) is 3.09. The van der Waals surface area contributed by atoms with Gasteiger partial charge in [0, 0.05) is 29.6 Å². The Labute approximate surface area is 186 Å². The minimum atomic E-state index is -0.911. The predicted octanol–water partition coefficient (Wildman–Crippen LogP) is 5.44. The number of benzene rings is 3. The van der Waals surface area contributed by atoms with Crippen LogP contribution in [0, 0.1) is 0 Å². The fraction of sp³-hybridized carbons (Fsp3) is 0.160. The lowest BCUT2D eigenvalue weighted by Gasteiger charge is -2.15. The lowest BCUT2D eigenvalue weighted by molar-refractivity contribution is 0.206. The second-order valence-corrected chi connectivity index (χ2v) is 7.72. The number of nitrogens with one attached hydrogen (secondary N) is 1. The molecule has 1 aromatic heterocycles. The predicted molar refractivity (Wildman–Crippen MR) is 124 cm³/mol. The van der Waals surface area contributed by atoms with Crippen LogP contribution in [0.3, 0.4) is 0 Å². The van der Waals surface area contributed by atoms with Crippen molar-refractivity contribution in [3.05, 3.63) is 101 Å². The van der Waals surface area contributed by atoms with Crippen molar-refractivity contribution in [3.63, 3.8) is 0 Å². The first-order valence-electron chi connectivity index (χ1n) is 9.99. The van der Waals surface area contributed by atoms with Gasteiger partial charge in [0.2, 0.25) is 5.95 Å². The third kappa shape index (κ3) is 4.74. The van der Waals surface area contributed by atoms with E-state index in [4.69, 9.17) is 21.3 Å². The van der Waals surface area contributed by atoms with E-state index in [1.807, 2.05) is 54.1 Å². The first-order valence-corrected chi connectivity index (χ1v) is 10.4. The molecule has 1 heterocycles. The van der Waals surface area contributed by atoms with E-state index in [-0.39, 0.29) is 0 Å². The van der Waals surface area contributed by atoms with E-state index in [2.05, 4.69) is 17.4 Å². The van der Waals surface area contributed by atoms with Gasteiger partial charge in [0.25, 0.3) is 0 Å². The molecule has 0 radical (unpaired) electrons. The van der Waals surface area contributed by atoms with E-state index in [1.165, 1.54) is 5.56 Å². The summed E-state index contributed by atoms with van der Waals surface area (Å²) in [7, 11) is 3.60. The quantitative estimate of drug-likeness (QED) is 0.381. The van der Waals surface area contributed by atoms with Crippen LogP contribution in [0.15, 0.2) is 78.9 Å². The lowest BCUT2D eigenvalue weighted by atomic mass is 10.0. The molecular weight excluding hydrogens is 410 g/mol. The molecule has 31 heavy (non-hydrogen) atoms. The highest BCUT2D eigenvalue weighted by Crippen LogP contribution is 2.31. The van der Waals surface area contributed by atoms with E-state index >= 15 is 0 Å². The van der Waals surface area contributed by atoms with E-state index in [9.17, 15) is 5.11 Å². The number of aliphatic hydroxyl groups excluding tert-OH is 1. The van der Waals surface area contributed by atoms with Crippen LogP contribution in [-0.2, 0) is 13.5 Å². The van der Waals surface area contributed by atoms with Crippen LogP contribution in [0.25, 0.3) is 11.3 Å². The number of aromatic nitrogens is 2. The largest absolute Gasteiger partial charge is 0.497 e. The van der Waals surface area contributed by atoms with Gasteiger partial charge in [0.1, 0.15) is 5.75 Å². The Bertz CT molecular complexity index is 1140. The molecule has 5 nitrogen and oxygen atoms in total. The topological polar surface area (TPSA) is 59.3 Å². The van der Waals surface area contributed by atoms with Crippen molar-refractivity contribution in [2.75, 3.05) is 12.4 Å². The molecule has 0 amide bonds. The number of ether oxygens (including phenoxy) is 1. The van der Waals surface area contributed by atoms with E-state index in [1.54, 1.807) is 31.4 Å². The summed E-state index contributed by atoms with van der Waals surface area (Å²) in [6.07, 6.45) is -0.235. The smallest absolute Gasteiger partial charge is 0.205 e. The molecule has 0 aliphatic rings. The van der Waals surface area contributed by atoms with Crippen LogP contribution < -0.4 is 10.1 Å². The zero-order chi connectivity index (χ0) is 21.8. The van der Waals surface area contributed by atoms with Gasteiger partial charge in [-0.2, -0.15) is 0 Å². The second kappa shape index (κ2) is 9.25. The number of imidazole rings is 1. The lowest BCUT2D eigenvalue weighted by Crippen LogP contribution is -2.13. The van der Waals surface area contributed by atoms with Crippen molar-refractivity contribution < 1.29 is 9.84 Å². The highest BCUT2D eigenvalue weighted by atomic mass is 35.5. The Balaban J connectivity index is 1.71. The van der Waals surface area contributed by atoms with Crippen molar-refractivity contribution in [2.45, 2.75) is 12.6 Å². The number of anilines is 1. The minimum Gasteiger partial charge on any atom is -0.497 e. The van der Waals surface area contributed by atoms with E-state index in [0.717, 1.165) is 22.7 Å². The molecule has 1 unspecified atom stereocenters. The number of rotatable bonds is 7. The van der Waals surface area contributed by atoms with Gasteiger partial charge in [-0.1, -0.05) is 54.1 Å². The molecule has 158 valence electrons. The summed E-state index contributed by atoms with van der Waals surface area (Å²) < 4.78 is 7.27. The van der Waals surface area contributed by atoms with E-state index in [0.29, 0.717) is 23.0 Å². The number of nitrogens with zero attached hydrogens (tertiary/aromatic N) is 2. The van der Waals surface area contributed by atoms with Gasteiger partial charge in [0.05, 0.1) is 18.5 Å². The molecule has 0 saturated carbocycles. The maximum atomic E-state index is 10.7. The highest BCUT2D eigenvalue weighted by Gasteiger charge is 2.19. The van der Waals surface area contributed by atoms with Gasteiger partial charge >= 0.3 is 0 Å². The van der Waals surface area contributed by atoms with Crippen LogP contribution in [0.4, 0.5) is 5.95 Å². The van der Waals surface area contributed by atoms with Gasteiger partial charge in [-0.15, -0.1) is 0 Å². The van der Waals surface area contributed by atoms with Crippen LogP contribution >= 0.6 is 11.6 Å². The molecule has 1 atom stereocenters. The zero-order valence-corrected chi connectivity index (χ0v) is 18.2. The molecular formula is C25H24ClN3O2. The van der Waals surface area contributed by atoms with Crippen molar-refractivity contribution >= 4 is 17.5 Å². The zero-order valence-electron chi connectivity index (χ0n) is 17.4. The standard InChI is InChI=1S/C25H24ClN3O2/c1-29-23(18-10-14-21(31-2)15-11-18)22(16-17-6-4-3-5-7-17)27-25(29)28-24(30)19-8-12-20(26)13-9-19/h3-15,24,30H,16H2,1-2H3,(H,27,28). The van der Waals surface area contributed by atoms with Gasteiger partial charge in [0.15, 0.2) is 6.23 Å². The van der Waals surface area contributed by atoms with Crippen molar-refractivity contribution in [2.24, 2.45) is 7.05 Å². The van der Waals surface area contributed by atoms with Crippen LogP contribution in [-0.4, -0.2) is 21.8 Å². The van der Waals surface area contributed by atoms with Crippen molar-refractivity contribution in [1.29, 1.82) is 0 Å². The Morgan fingerprint density at radius 3 is 2.32 bits per heavy atom. The van der Waals surface area contributed by atoms with Gasteiger partial charge in [-0.05, 0) is 42.0 Å². The Kier molecular flexibility index (Phi) is 6.26. The minimum absolute atomic E-state index is 0.583. The molecule has 2 N–H and O–H groups in total. The van der Waals surface area contributed by atoms with Crippen molar-refractivity contribution in [3.8, 4) is 17.0 Å². The van der Waals surface area contributed by atoms with Crippen LogP contribution in [0.2, 0.25) is 5.02 Å². The van der Waals surface area contributed by atoms with Gasteiger partial charge < -0.3 is 19.7 Å². The average molecular weight is 434 g/mol. The van der Waals surface area contributed by atoms with Crippen molar-refractivity contribution in [1.82, 2.24) is 9.55 Å². The number of methoxy groups -OCH3 is 1. The van der Waals surface area contributed by atoms with Gasteiger partial charge in [-0.25, -0.2) is 4.98 Å². The highest BCUT2D eigenvalue weighted by molar-refractivity contribution is 6.30. The summed E-state index contributed by atoms with van der Waals surface area (Å²) in [4.78, 5) is 4.84. The van der Waals surface area contributed by atoms with E-state index < -0.39 is 6.23 Å². The number of hydrogen-bond donors (Lipinski definition) is 2. The van der Waals surface area contributed by atoms with Crippen LogP contribution in [0.5, 0.6) is 5.75 Å². The molecule has 4 rings (SSSR count). The maximum Gasteiger partial charge on any atom is 0.205 e. The summed E-state index contributed by atoms with van der Waals surface area (Å²) in [5.74, 6) is 1.38. The molecule has 0 aliphatic heterocycles. The first kappa shape index (κ1) is 21.0.